The van der Waals surface area contributed by atoms with Gasteiger partial charge in [0.15, 0.2) is 11.9 Å². The van der Waals surface area contributed by atoms with Crippen LogP contribution >= 0.6 is 11.3 Å². The van der Waals surface area contributed by atoms with Crippen LogP contribution in [0, 0.1) is 0 Å². The Morgan fingerprint density at radius 1 is 1.09 bits per heavy atom. The summed E-state index contributed by atoms with van der Waals surface area (Å²) in [6.07, 6.45) is 2.10. The van der Waals surface area contributed by atoms with Crippen molar-refractivity contribution in [2.75, 3.05) is 60.8 Å². The lowest BCUT2D eigenvalue weighted by atomic mass is 10.0. The number of methoxy groups -OCH3 is 2. The van der Waals surface area contributed by atoms with E-state index in [0.29, 0.717) is 10.3 Å². The Hall–Kier alpha value is -3.35. The Kier molecular flexibility index (Phi) is 7.02. The van der Waals surface area contributed by atoms with Gasteiger partial charge in [-0.1, -0.05) is 23.5 Å². The van der Waals surface area contributed by atoms with Gasteiger partial charge in [-0.2, -0.15) is 5.10 Å². The number of nitrogens with zero attached hydrogens (tertiary/aromatic N) is 6. The minimum absolute atomic E-state index is 0.210. The molecule has 12 heteroatoms. The predicted molar refractivity (Wildman–Crippen MR) is 134 cm³/mol. The first-order chi connectivity index (χ1) is 17.1. The van der Waals surface area contributed by atoms with E-state index < -0.39 is 6.10 Å². The number of hydrogen-bond acceptors (Lipinski definition) is 11. The van der Waals surface area contributed by atoms with Crippen LogP contribution in [0.15, 0.2) is 42.6 Å². The summed E-state index contributed by atoms with van der Waals surface area (Å²) >= 11 is 1.30. The van der Waals surface area contributed by atoms with Crippen LogP contribution in [0.3, 0.4) is 0 Å². The number of carbonyl (C=O) groups excluding carboxylic acids is 1. The average Bonchev–Trinajstić information content (AvgIpc) is 3.50. The Balaban J connectivity index is 1.17. The standard InChI is InChI=1S/C23H28N8O3S/c1-33-18-13-31(14-18)17-6-3-5-15(11-17)20(34-2)21(32)26-23-29-28-22(35-23)25-16-8-10-30(12-16)19-7-4-9-24-27-19/h3-7,9,11,16,18,20H,8,10,12-14H2,1-2H3,(H,25,28)(H,26,29,32)/t16-,20?/m1/s1. The van der Waals surface area contributed by atoms with Crippen LogP contribution in [0.5, 0.6) is 0 Å². The zero-order valence-electron chi connectivity index (χ0n) is 19.6. The Labute approximate surface area is 207 Å². The summed E-state index contributed by atoms with van der Waals surface area (Å²) in [5.41, 5.74) is 1.82. The second-order valence-electron chi connectivity index (χ2n) is 8.53. The molecule has 184 valence electrons. The molecular formula is C23H28N8O3S. The molecule has 0 aliphatic carbocycles. The highest BCUT2D eigenvalue weighted by atomic mass is 32.1. The molecule has 2 aliphatic rings. The largest absolute Gasteiger partial charge is 0.378 e. The van der Waals surface area contributed by atoms with Crippen LogP contribution in [-0.4, -0.2) is 78.8 Å². The van der Waals surface area contributed by atoms with Crippen LogP contribution in [0.4, 0.5) is 21.8 Å². The molecule has 1 unspecified atom stereocenters. The summed E-state index contributed by atoms with van der Waals surface area (Å²) in [4.78, 5) is 17.4. The zero-order chi connectivity index (χ0) is 24.2. The van der Waals surface area contributed by atoms with Crippen molar-refractivity contribution in [3.8, 4) is 0 Å². The van der Waals surface area contributed by atoms with Gasteiger partial charge in [0, 0.05) is 58.3 Å². The van der Waals surface area contributed by atoms with E-state index in [0.717, 1.165) is 49.7 Å². The number of benzene rings is 1. The van der Waals surface area contributed by atoms with Crippen LogP contribution in [0.25, 0.3) is 0 Å². The molecule has 0 radical (unpaired) electrons. The molecule has 3 aromatic rings. The number of nitrogens with one attached hydrogen (secondary N) is 2. The van der Waals surface area contributed by atoms with Crippen molar-refractivity contribution in [1.82, 2.24) is 20.4 Å². The summed E-state index contributed by atoms with van der Waals surface area (Å²) in [6, 6.07) is 11.9. The van der Waals surface area contributed by atoms with Crippen molar-refractivity contribution in [3.05, 3.63) is 48.2 Å². The fraction of sp³-hybridized carbons (Fsp3) is 0.435. The molecule has 35 heavy (non-hydrogen) atoms. The van der Waals surface area contributed by atoms with E-state index >= 15 is 0 Å². The third-order valence-electron chi connectivity index (χ3n) is 6.25. The molecule has 2 aromatic heterocycles. The average molecular weight is 497 g/mol. The maximum atomic E-state index is 13.0. The number of rotatable bonds is 9. The van der Waals surface area contributed by atoms with Crippen LogP contribution < -0.4 is 20.4 Å². The highest BCUT2D eigenvalue weighted by molar-refractivity contribution is 7.19. The minimum atomic E-state index is -0.759. The molecule has 0 spiro atoms. The molecule has 0 saturated carbocycles. The van der Waals surface area contributed by atoms with Crippen molar-refractivity contribution in [2.24, 2.45) is 0 Å². The normalized spacial score (nSPS) is 18.9. The Bertz CT molecular complexity index is 1140. The summed E-state index contributed by atoms with van der Waals surface area (Å²) in [7, 11) is 3.25. The molecule has 2 aliphatic heterocycles. The van der Waals surface area contributed by atoms with Crippen molar-refractivity contribution >= 4 is 39.0 Å². The van der Waals surface area contributed by atoms with E-state index in [1.54, 1.807) is 13.3 Å². The number of carbonyl (C=O) groups is 1. The van der Waals surface area contributed by atoms with Gasteiger partial charge in [-0.3, -0.25) is 10.1 Å². The molecule has 0 bridgehead atoms. The summed E-state index contributed by atoms with van der Waals surface area (Å²) in [5, 5.41) is 23.8. The topological polar surface area (TPSA) is 118 Å². The van der Waals surface area contributed by atoms with Gasteiger partial charge < -0.3 is 24.6 Å². The van der Waals surface area contributed by atoms with Crippen molar-refractivity contribution in [1.29, 1.82) is 0 Å². The Morgan fingerprint density at radius 2 is 1.94 bits per heavy atom. The van der Waals surface area contributed by atoms with E-state index in [1.807, 2.05) is 36.4 Å². The summed E-state index contributed by atoms with van der Waals surface area (Å²) in [6.45, 7) is 3.35. The lowest BCUT2D eigenvalue weighted by molar-refractivity contribution is -0.126. The van der Waals surface area contributed by atoms with Gasteiger partial charge in [0.2, 0.25) is 10.3 Å². The van der Waals surface area contributed by atoms with Crippen molar-refractivity contribution < 1.29 is 14.3 Å². The van der Waals surface area contributed by atoms with Crippen molar-refractivity contribution in [3.63, 3.8) is 0 Å². The second-order valence-corrected chi connectivity index (χ2v) is 9.51. The van der Waals surface area contributed by atoms with E-state index in [9.17, 15) is 4.79 Å². The zero-order valence-corrected chi connectivity index (χ0v) is 20.4. The number of anilines is 4. The lowest BCUT2D eigenvalue weighted by Gasteiger charge is -2.40. The monoisotopic (exact) mass is 496 g/mol. The molecule has 11 nitrogen and oxygen atoms in total. The van der Waals surface area contributed by atoms with Crippen LogP contribution in [0.1, 0.15) is 18.1 Å². The summed E-state index contributed by atoms with van der Waals surface area (Å²) < 4.78 is 10.9. The fourth-order valence-electron chi connectivity index (χ4n) is 4.30. The molecular weight excluding hydrogens is 468 g/mol. The fourth-order valence-corrected chi connectivity index (χ4v) is 5.03. The SMILES string of the molecule is COC1CN(c2cccc(C(OC)C(=O)Nc3nnc(N[C@@H]4CCN(c5cccnn5)C4)s3)c2)C1. The molecule has 4 heterocycles. The van der Waals surface area contributed by atoms with Gasteiger partial charge in [-0.05, 0) is 36.2 Å². The first-order valence-corrected chi connectivity index (χ1v) is 12.3. The smallest absolute Gasteiger partial charge is 0.259 e. The third kappa shape index (κ3) is 5.34. The summed E-state index contributed by atoms with van der Waals surface area (Å²) in [5.74, 6) is 0.574. The van der Waals surface area contributed by atoms with Crippen LogP contribution in [0.2, 0.25) is 0 Å². The number of aromatic nitrogens is 4. The molecule has 2 N–H and O–H groups in total. The molecule has 2 atom stereocenters. The predicted octanol–water partition coefficient (Wildman–Crippen LogP) is 2.18. The van der Waals surface area contributed by atoms with E-state index in [1.165, 1.54) is 18.4 Å². The van der Waals surface area contributed by atoms with Gasteiger partial charge in [0.1, 0.15) is 0 Å². The van der Waals surface area contributed by atoms with E-state index in [2.05, 4.69) is 40.8 Å². The first kappa shape index (κ1) is 23.4. The second kappa shape index (κ2) is 10.5. The van der Waals surface area contributed by atoms with Crippen LogP contribution in [-0.2, 0) is 14.3 Å². The number of ether oxygens (including phenoxy) is 2. The van der Waals surface area contributed by atoms with Crippen molar-refractivity contribution in [2.45, 2.75) is 24.7 Å². The maximum Gasteiger partial charge on any atom is 0.259 e. The maximum absolute atomic E-state index is 13.0. The molecule has 1 aromatic carbocycles. The molecule has 1 amide bonds. The number of amides is 1. The lowest BCUT2D eigenvalue weighted by Crippen LogP contribution is -2.51. The molecule has 2 saturated heterocycles. The number of hydrogen-bond donors (Lipinski definition) is 2. The molecule has 5 rings (SSSR count). The van der Waals surface area contributed by atoms with Gasteiger partial charge in [-0.15, -0.1) is 15.3 Å². The minimum Gasteiger partial charge on any atom is -0.378 e. The molecule has 2 fully saturated rings. The first-order valence-electron chi connectivity index (χ1n) is 11.5. The highest BCUT2D eigenvalue weighted by Crippen LogP contribution is 2.29. The van der Waals surface area contributed by atoms with E-state index in [-0.39, 0.29) is 18.1 Å². The van der Waals surface area contributed by atoms with Gasteiger partial charge >= 0.3 is 0 Å². The van der Waals surface area contributed by atoms with E-state index in [4.69, 9.17) is 9.47 Å². The van der Waals surface area contributed by atoms with Gasteiger partial charge in [-0.25, -0.2) is 0 Å². The van der Waals surface area contributed by atoms with Gasteiger partial charge in [0.25, 0.3) is 5.91 Å². The Morgan fingerprint density at radius 3 is 2.71 bits per heavy atom. The quantitative estimate of drug-likeness (QED) is 0.456. The third-order valence-corrected chi connectivity index (χ3v) is 7.02. The van der Waals surface area contributed by atoms with Gasteiger partial charge in [0.05, 0.1) is 6.10 Å². The highest BCUT2D eigenvalue weighted by Gasteiger charge is 2.29.